The molecule has 4 rings (SSSR count). The van der Waals surface area contributed by atoms with Crippen LogP contribution in [-0.4, -0.2) is 35.3 Å². The fourth-order valence-electron chi connectivity index (χ4n) is 3.61. The lowest BCUT2D eigenvalue weighted by atomic mass is 10.0. The van der Waals surface area contributed by atoms with Crippen molar-refractivity contribution in [2.45, 2.75) is 16.9 Å². The summed E-state index contributed by atoms with van der Waals surface area (Å²) in [6.07, 6.45) is 1.47. The number of phenolic OH excluding ortho intramolecular Hbond substituents is 1. The smallest absolute Gasteiger partial charge is 0.446 e. The van der Waals surface area contributed by atoms with E-state index in [1.165, 1.54) is 48.7 Å². The van der Waals surface area contributed by atoms with Gasteiger partial charge in [0.05, 0.1) is 11.2 Å². The van der Waals surface area contributed by atoms with E-state index in [1.807, 2.05) is 24.3 Å². The number of benzene rings is 4. The van der Waals surface area contributed by atoms with E-state index in [0.29, 0.717) is 22.3 Å². The van der Waals surface area contributed by atoms with Crippen LogP contribution >= 0.6 is 23.4 Å². The van der Waals surface area contributed by atoms with Gasteiger partial charge in [-0.05, 0) is 65.2 Å². The van der Waals surface area contributed by atoms with Crippen molar-refractivity contribution in [2.24, 2.45) is 5.10 Å². The molecular weight excluding hydrogens is 567 g/mol. The number of hydrazone groups is 1. The first-order valence-electron chi connectivity index (χ1n) is 11.7. The van der Waals surface area contributed by atoms with E-state index < -0.39 is 17.3 Å². The molecule has 0 aliphatic rings. The molecule has 0 saturated heterocycles. The fourth-order valence-corrected chi connectivity index (χ4v) is 4.33. The summed E-state index contributed by atoms with van der Waals surface area (Å²) >= 11 is 5.64. The number of nitrogens with one attached hydrogen (secondary N) is 2. The number of halogens is 4. The van der Waals surface area contributed by atoms with Crippen LogP contribution in [0.25, 0.3) is 10.8 Å². The lowest BCUT2D eigenvalue weighted by Crippen LogP contribution is -2.28. The predicted octanol–water partition coefficient (Wildman–Crippen LogP) is 6.27. The van der Waals surface area contributed by atoms with Crippen LogP contribution in [0.2, 0.25) is 5.02 Å². The first-order chi connectivity index (χ1) is 19.1. The van der Waals surface area contributed by atoms with Crippen molar-refractivity contribution in [3.63, 3.8) is 0 Å². The van der Waals surface area contributed by atoms with Crippen LogP contribution in [0.1, 0.15) is 21.5 Å². The molecule has 0 aliphatic carbocycles. The number of ether oxygens (including phenoxy) is 1. The van der Waals surface area contributed by atoms with Crippen molar-refractivity contribution in [1.82, 2.24) is 10.7 Å². The minimum atomic E-state index is -4.36. The third-order valence-electron chi connectivity index (χ3n) is 5.50. The van der Waals surface area contributed by atoms with E-state index in [1.54, 1.807) is 12.1 Å². The molecule has 0 spiro atoms. The van der Waals surface area contributed by atoms with E-state index >= 15 is 0 Å². The molecule has 7 nitrogen and oxygen atoms in total. The molecule has 206 valence electrons. The predicted molar refractivity (Wildman–Crippen MR) is 148 cm³/mol. The van der Waals surface area contributed by atoms with Gasteiger partial charge in [0.15, 0.2) is 6.61 Å². The zero-order valence-electron chi connectivity index (χ0n) is 20.5. The summed E-state index contributed by atoms with van der Waals surface area (Å²) in [4.78, 5) is 24.7. The summed E-state index contributed by atoms with van der Waals surface area (Å²) in [5, 5.41) is 17.7. The van der Waals surface area contributed by atoms with E-state index in [4.69, 9.17) is 16.3 Å². The lowest BCUT2D eigenvalue weighted by Gasteiger charge is -2.12. The summed E-state index contributed by atoms with van der Waals surface area (Å²) in [5.74, 6) is -0.589. The molecule has 40 heavy (non-hydrogen) atoms. The van der Waals surface area contributed by atoms with Crippen molar-refractivity contribution >= 4 is 52.2 Å². The third-order valence-corrected chi connectivity index (χ3v) is 6.54. The van der Waals surface area contributed by atoms with Gasteiger partial charge in [-0.3, -0.25) is 9.59 Å². The highest BCUT2D eigenvalue weighted by molar-refractivity contribution is 8.00. The maximum atomic E-state index is 12.5. The Morgan fingerprint density at radius 1 is 1.00 bits per heavy atom. The molecule has 12 heteroatoms. The first-order valence-corrected chi connectivity index (χ1v) is 12.9. The van der Waals surface area contributed by atoms with Gasteiger partial charge in [0.2, 0.25) is 0 Å². The summed E-state index contributed by atoms with van der Waals surface area (Å²) in [6, 6.07) is 20.5. The Hall–Kier alpha value is -4.22. The second-order valence-electron chi connectivity index (χ2n) is 8.32. The highest BCUT2D eigenvalue weighted by Gasteiger charge is 2.29. The number of carbonyl (C=O) groups excluding carboxylic acids is 2. The van der Waals surface area contributed by atoms with E-state index in [0.717, 1.165) is 5.39 Å². The van der Waals surface area contributed by atoms with Crippen LogP contribution in [-0.2, 0) is 11.3 Å². The van der Waals surface area contributed by atoms with Gasteiger partial charge in [-0.25, -0.2) is 5.43 Å². The van der Waals surface area contributed by atoms with Crippen LogP contribution in [0.5, 0.6) is 11.5 Å². The number of phenols is 1. The molecule has 0 aliphatic heterocycles. The molecule has 4 aromatic carbocycles. The van der Waals surface area contributed by atoms with E-state index in [9.17, 15) is 27.9 Å². The summed E-state index contributed by atoms with van der Waals surface area (Å²) in [5.41, 5.74) is -0.392. The van der Waals surface area contributed by atoms with Crippen LogP contribution in [0.4, 0.5) is 13.2 Å². The number of hydrogen-bond donors (Lipinski definition) is 3. The van der Waals surface area contributed by atoms with E-state index in [-0.39, 0.29) is 46.1 Å². The summed E-state index contributed by atoms with van der Waals surface area (Å²) < 4.78 is 43.1. The number of nitrogens with zero attached hydrogens (tertiary/aromatic N) is 1. The van der Waals surface area contributed by atoms with Crippen LogP contribution in [0.3, 0.4) is 0 Å². The van der Waals surface area contributed by atoms with Crippen molar-refractivity contribution in [3.05, 3.63) is 101 Å². The molecule has 0 heterocycles. The normalized spacial score (nSPS) is 11.5. The zero-order chi connectivity index (χ0) is 28.7. The monoisotopic (exact) mass is 587 g/mol. The molecule has 0 radical (unpaired) electrons. The molecule has 3 N–H and O–H groups in total. The number of rotatable bonds is 9. The van der Waals surface area contributed by atoms with Crippen LogP contribution < -0.4 is 15.5 Å². The molecule has 4 aromatic rings. The maximum absolute atomic E-state index is 12.5. The van der Waals surface area contributed by atoms with Crippen LogP contribution in [0, 0.1) is 0 Å². The number of fused-ring (bicyclic) bond motifs is 1. The minimum Gasteiger partial charge on any atom is -0.506 e. The minimum absolute atomic E-state index is 0.0459. The molecule has 0 fully saturated rings. The number of aromatic hydroxyl groups is 1. The Morgan fingerprint density at radius 2 is 1.73 bits per heavy atom. The molecule has 2 amide bonds. The van der Waals surface area contributed by atoms with Gasteiger partial charge in [0.1, 0.15) is 11.5 Å². The van der Waals surface area contributed by atoms with Gasteiger partial charge in [-0.2, -0.15) is 18.3 Å². The molecule has 0 saturated carbocycles. The SMILES string of the molecule is O=C(COc1ccc(/C=N/NC(=O)c2ccc(O)c(Cl)c2)c2ccccc12)NCc1ccc(SC(F)(F)F)cc1. The van der Waals surface area contributed by atoms with E-state index in [2.05, 4.69) is 15.8 Å². The largest absolute Gasteiger partial charge is 0.506 e. The van der Waals surface area contributed by atoms with Gasteiger partial charge in [0, 0.05) is 28.0 Å². The lowest BCUT2D eigenvalue weighted by molar-refractivity contribution is -0.123. The van der Waals surface area contributed by atoms with Gasteiger partial charge in [-0.1, -0.05) is 48.0 Å². The third kappa shape index (κ3) is 7.90. The van der Waals surface area contributed by atoms with Crippen molar-refractivity contribution in [2.75, 3.05) is 6.61 Å². The number of amides is 2. The molecule has 0 unspecified atom stereocenters. The summed E-state index contributed by atoms with van der Waals surface area (Å²) in [6.45, 7) is -0.137. The Labute approximate surface area is 236 Å². The Morgan fingerprint density at radius 3 is 2.42 bits per heavy atom. The standard InChI is InChI=1S/C28H21ClF3N3O4S/c29-23-13-18(7-11-24(23)36)27(38)35-34-15-19-8-12-25(22-4-2-1-3-21(19)22)39-16-26(37)33-14-17-5-9-20(10-6-17)40-28(30,31)32/h1-13,15,36H,14,16H2,(H,33,37)(H,35,38)/b34-15+. The molecule has 0 aromatic heterocycles. The topological polar surface area (TPSA) is 100 Å². The highest BCUT2D eigenvalue weighted by Crippen LogP contribution is 2.36. The van der Waals surface area contributed by atoms with Gasteiger partial charge >= 0.3 is 5.51 Å². The fraction of sp³-hybridized carbons (Fsp3) is 0.107. The quantitative estimate of drug-likeness (QED) is 0.122. The van der Waals surface area contributed by atoms with Gasteiger partial charge in [0.25, 0.3) is 11.8 Å². The molecule has 0 atom stereocenters. The molecular formula is C28H21ClF3N3O4S. The van der Waals surface area contributed by atoms with Crippen molar-refractivity contribution < 1.29 is 32.6 Å². The Bertz CT molecular complexity index is 1560. The maximum Gasteiger partial charge on any atom is 0.446 e. The number of thioether (sulfide) groups is 1. The average Bonchev–Trinajstić information content (AvgIpc) is 2.92. The van der Waals surface area contributed by atoms with Crippen molar-refractivity contribution in [3.8, 4) is 11.5 Å². The Kier molecular flexibility index (Phi) is 9.18. The number of hydrogen-bond acceptors (Lipinski definition) is 6. The summed E-state index contributed by atoms with van der Waals surface area (Å²) in [7, 11) is 0. The van der Waals surface area contributed by atoms with Gasteiger partial charge < -0.3 is 15.2 Å². The second kappa shape index (κ2) is 12.8. The Balaban J connectivity index is 1.35. The van der Waals surface area contributed by atoms with Gasteiger partial charge in [-0.15, -0.1) is 0 Å². The van der Waals surface area contributed by atoms with Crippen LogP contribution in [0.15, 0.2) is 88.9 Å². The average molecular weight is 588 g/mol. The zero-order valence-corrected chi connectivity index (χ0v) is 22.1. The second-order valence-corrected chi connectivity index (χ2v) is 9.87. The number of carbonyl (C=O) groups is 2. The van der Waals surface area contributed by atoms with Crippen molar-refractivity contribution in [1.29, 1.82) is 0 Å². The number of alkyl halides is 3. The highest BCUT2D eigenvalue weighted by atomic mass is 35.5. The first kappa shape index (κ1) is 28.8. The molecule has 0 bridgehead atoms.